The van der Waals surface area contributed by atoms with E-state index in [-0.39, 0.29) is 5.91 Å². The van der Waals surface area contributed by atoms with Crippen LogP contribution < -0.4 is 5.32 Å². The van der Waals surface area contributed by atoms with Crippen LogP contribution >= 0.6 is 23.1 Å². The van der Waals surface area contributed by atoms with E-state index in [0.29, 0.717) is 28.3 Å². The quantitative estimate of drug-likeness (QED) is 0.769. The molecule has 0 aliphatic heterocycles. The number of aromatic nitrogens is 2. The summed E-state index contributed by atoms with van der Waals surface area (Å²) in [6.45, 7) is 6.99. The van der Waals surface area contributed by atoms with Crippen LogP contribution in [-0.2, 0) is 17.6 Å². The van der Waals surface area contributed by atoms with E-state index in [0.717, 1.165) is 36.5 Å². The fourth-order valence-corrected chi connectivity index (χ4v) is 5.06. The third-order valence-electron chi connectivity index (χ3n) is 5.19. The molecule has 0 spiro atoms. The molecule has 1 N–H and O–H groups in total. The number of aryl methyl sites for hydroxylation is 1. The Bertz CT molecular complexity index is 802. The summed E-state index contributed by atoms with van der Waals surface area (Å²) in [5.74, 6) is 1.65. The van der Waals surface area contributed by atoms with Crippen LogP contribution in [-0.4, -0.2) is 27.9 Å². The standard InChI is InChI=1S/C19H25N3O2S2/c1-19(2,3)12-4-7-14-11(8-12)9-15(26-14)17-21-22-18(24-17)25-10-16(23)20-13-5-6-13/h9,12-13H,4-8,10H2,1-3H3,(H,20,23). The van der Waals surface area contributed by atoms with Crippen LogP contribution in [0.4, 0.5) is 0 Å². The van der Waals surface area contributed by atoms with Gasteiger partial charge in [-0.25, -0.2) is 0 Å². The van der Waals surface area contributed by atoms with Gasteiger partial charge in [0, 0.05) is 10.9 Å². The Kier molecular flexibility index (Phi) is 4.86. The van der Waals surface area contributed by atoms with Gasteiger partial charge in [-0.3, -0.25) is 4.79 Å². The molecular formula is C19H25N3O2S2. The Balaban J connectivity index is 1.40. The van der Waals surface area contributed by atoms with Crippen molar-refractivity contribution >= 4 is 29.0 Å². The maximum atomic E-state index is 11.8. The van der Waals surface area contributed by atoms with Crippen LogP contribution in [0, 0.1) is 11.3 Å². The van der Waals surface area contributed by atoms with Crippen molar-refractivity contribution in [2.45, 2.75) is 64.1 Å². The highest BCUT2D eigenvalue weighted by atomic mass is 32.2. The molecule has 0 radical (unpaired) electrons. The number of nitrogens with one attached hydrogen (secondary N) is 1. The second-order valence-electron chi connectivity index (χ2n) is 8.37. The number of hydrogen-bond acceptors (Lipinski definition) is 6. The monoisotopic (exact) mass is 391 g/mol. The van der Waals surface area contributed by atoms with Gasteiger partial charge in [0.15, 0.2) is 0 Å². The Labute approximate surface area is 162 Å². The normalized spacial score (nSPS) is 20.0. The van der Waals surface area contributed by atoms with Crippen molar-refractivity contribution < 1.29 is 9.21 Å². The maximum Gasteiger partial charge on any atom is 0.277 e. The SMILES string of the molecule is CC(C)(C)C1CCc2sc(-c3nnc(SCC(=O)NC4CC4)o3)cc2C1. The summed E-state index contributed by atoms with van der Waals surface area (Å²) in [5, 5.41) is 11.7. The van der Waals surface area contributed by atoms with Crippen molar-refractivity contribution in [1.82, 2.24) is 15.5 Å². The summed E-state index contributed by atoms with van der Waals surface area (Å²) >= 11 is 3.08. The molecule has 140 valence electrons. The van der Waals surface area contributed by atoms with Gasteiger partial charge in [0.25, 0.3) is 11.1 Å². The van der Waals surface area contributed by atoms with Gasteiger partial charge < -0.3 is 9.73 Å². The molecule has 5 nitrogen and oxygen atoms in total. The molecule has 2 aliphatic carbocycles. The second-order valence-corrected chi connectivity index (χ2v) is 10.4. The highest BCUT2D eigenvalue weighted by Gasteiger charge is 2.30. The highest BCUT2D eigenvalue weighted by molar-refractivity contribution is 7.99. The first-order valence-electron chi connectivity index (χ1n) is 9.26. The van der Waals surface area contributed by atoms with E-state index in [4.69, 9.17) is 4.42 Å². The molecule has 2 aromatic heterocycles. The molecule has 26 heavy (non-hydrogen) atoms. The van der Waals surface area contributed by atoms with Gasteiger partial charge in [0.2, 0.25) is 5.91 Å². The molecule has 1 unspecified atom stereocenters. The van der Waals surface area contributed by atoms with Gasteiger partial charge in [0.1, 0.15) is 0 Å². The molecule has 1 fully saturated rings. The predicted octanol–water partition coefficient (Wildman–Crippen LogP) is 4.32. The number of amides is 1. The number of hydrogen-bond donors (Lipinski definition) is 1. The minimum atomic E-state index is 0.0389. The zero-order chi connectivity index (χ0) is 18.3. The summed E-state index contributed by atoms with van der Waals surface area (Å²) in [7, 11) is 0. The summed E-state index contributed by atoms with van der Waals surface area (Å²) in [4.78, 5) is 14.3. The number of nitrogens with zero attached hydrogens (tertiary/aromatic N) is 2. The number of carbonyl (C=O) groups excluding carboxylic acids is 1. The fraction of sp³-hybridized carbons (Fsp3) is 0.632. The summed E-state index contributed by atoms with van der Waals surface area (Å²) in [6.07, 6.45) is 5.71. The van der Waals surface area contributed by atoms with Crippen molar-refractivity contribution in [3.8, 4) is 10.8 Å². The van der Waals surface area contributed by atoms with E-state index in [9.17, 15) is 4.79 Å². The van der Waals surface area contributed by atoms with Crippen molar-refractivity contribution in [2.24, 2.45) is 11.3 Å². The van der Waals surface area contributed by atoms with Crippen molar-refractivity contribution in [3.63, 3.8) is 0 Å². The van der Waals surface area contributed by atoms with Gasteiger partial charge >= 0.3 is 0 Å². The van der Waals surface area contributed by atoms with Crippen molar-refractivity contribution in [3.05, 3.63) is 16.5 Å². The number of carbonyl (C=O) groups is 1. The average Bonchev–Trinajstić information content (AvgIpc) is 3.11. The lowest BCUT2D eigenvalue weighted by Gasteiger charge is -2.33. The molecule has 1 amide bonds. The molecule has 0 aromatic carbocycles. The zero-order valence-corrected chi connectivity index (χ0v) is 17.1. The lowest BCUT2D eigenvalue weighted by Crippen LogP contribution is -2.26. The van der Waals surface area contributed by atoms with Crippen LogP contribution in [0.3, 0.4) is 0 Å². The number of thiophene rings is 1. The first-order chi connectivity index (χ1) is 12.4. The fourth-order valence-electron chi connectivity index (χ4n) is 3.36. The lowest BCUT2D eigenvalue weighted by molar-refractivity contribution is -0.118. The topological polar surface area (TPSA) is 68.0 Å². The van der Waals surface area contributed by atoms with Crippen LogP contribution in [0.25, 0.3) is 10.8 Å². The molecule has 2 aromatic rings. The van der Waals surface area contributed by atoms with Crippen LogP contribution in [0.2, 0.25) is 0 Å². The van der Waals surface area contributed by atoms with E-state index in [1.807, 2.05) is 0 Å². The molecule has 0 saturated heterocycles. The van der Waals surface area contributed by atoms with Crippen molar-refractivity contribution in [2.75, 3.05) is 5.75 Å². The third-order valence-corrected chi connectivity index (χ3v) is 7.24. The summed E-state index contributed by atoms with van der Waals surface area (Å²) in [5.41, 5.74) is 1.78. The summed E-state index contributed by atoms with van der Waals surface area (Å²) < 4.78 is 5.78. The molecule has 0 bridgehead atoms. The van der Waals surface area contributed by atoms with Gasteiger partial charge in [-0.05, 0) is 55.1 Å². The first-order valence-corrected chi connectivity index (χ1v) is 11.1. The van der Waals surface area contributed by atoms with E-state index in [2.05, 4.69) is 42.4 Å². The van der Waals surface area contributed by atoms with Crippen LogP contribution in [0.5, 0.6) is 0 Å². The second kappa shape index (κ2) is 7.00. The van der Waals surface area contributed by atoms with Gasteiger partial charge in [-0.1, -0.05) is 32.5 Å². The molecule has 2 heterocycles. The number of thioether (sulfide) groups is 1. The van der Waals surface area contributed by atoms with E-state index < -0.39 is 0 Å². The molecule has 7 heteroatoms. The third kappa shape index (κ3) is 4.14. The van der Waals surface area contributed by atoms with Crippen LogP contribution in [0.1, 0.15) is 50.5 Å². The Morgan fingerprint density at radius 1 is 1.35 bits per heavy atom. The molecule has 2 aliphatic rings. The van der Waals surface area contributed by atoms with E-state index >= 15 is 0 Å². The molecule has 4 rings (SSSR count). The van der Waals surface area contributed by atoms with Gasteiger partial charge in [-0.2, -0.15) is 0 Å². The van der Waals surface area contributed by atoms with E-state index in [1.54, 1.807) is 11.3 Å². The van der Waals surface area contributed by atoms with E-state index in [1.165, 1.54) is 28.6 Å². The molecule has 1 saturated carbocycles. The minimum Gasteiger partial charge on any atom is -0.410 e. The Morgan fingerprint density at radius 3 is 2.88 bits per heavy atom. The predicted molar refractivity (Wildman–Crippen MR) is 104 cm³/mol. The Hall–Kier alpha value is -1.34. The largest absolute Gasteiger partial charge is 0.410 e. The Morgan fingerprint density at radius 2 is 2.15 bits per heavy atom. The van der Waals surface area contributed by atoms with Crippen molar-refractivity contribution in [1.29, 1.82) is 0 Å². The summed E-state index contributed by atoms with van der Waals surface area (Å²) in [6, 6.07) is 2.61. The van der Waals surface area contributed by atoms with Crippen LogP contribution in [0.15, 0.2) is 15.7 Å². The first kappa shape index (κ1) is 18.0. The smallest absolute Gasteiger partial charge is 0.277 e. The highest BCUT2D eigenvalue weighted by Crippen LogP contribution is 2.42. The molecule has 1 atom stereocenters. The molecular weight excluding hydrogens is 366 g/mol. The number of fused-ring (bicyclic) bond motifs is 1. The zero-order valence-electron chi connectivity index (χ0n) is 15.5. The lowest BCUT2D eigenvalue weighted by atomic mass is 9.72. The maximum absolute atomic E-state index is 11.8. The minimum absolute atomic E-state index is 0.0389. The average molecular weight is 392 g/mol. The number of rotatable bonds is 5. The van der Waals surface area contributed by atoms with Gasteiger partial charge in [-0.15, -0.1) is 21.5 Å². The van der Waals surface area contributed by atoms with Gasteiger partial charge in [0.05, 0.1) is 10.6 Å².